The van der Waals surface area contributed by atoms with E-state index in [9.17, 15) is 0 Å². The Hall–Kier alpha value is -2.53. The minimum Gasteiger partial charge on any atom is -0.496 e. The van der Waals surface area contributed by atoms with Crippen LogP contribution in [0.4, 0.5) is 5.69 Å². The van der Waals surface area contributed by atoms with Crippen LogP contribution in [0.1, 0.15) is 49.9 Å². The number of hydrogen-bond donors (Lipinski definition) is 0. The van der Waals surface area contributed by atoms with Crippen LogP contribution in [0.5, 0.6) is 5.75 Å². The highest BCUT2D eigenvalue weighted by molar-refractivity contribution is 5.81. The maximum atomic E-state index is 5.98. The summed E-state index contributed by atoms with van der Waals surface area (Å²) in [5.41, 5.74) is 8.13. The number of pyridine rings is 1. The summed E-state index contributed by atoms with van der Waals surface area (Å²) in [6.45, 7) is 11.5. The Balaban J connectivity index is 1.88. The summed E-state index contributed by atoms with van der Waals surface area (Å²) in [6.07, 6.45) is 4.61. The van der Waals surface area contributed by atoms with E-state index in [0.717, 1.165) is 73.6 Å². The van der Waals surface area contributed by atoms with Crippen LogP contribution < -0.4 is 9.64 Å². The van der Waals surface area contributed by atoms with Crippen molar-refractivity contribution in [2.24, 2.45) is 0 Å². The Morgan fingerprint density at radius 3 is 2.74 bits per heavy atom. The molecular weight excluding hydrogens is 386 g/mol. The van der Waals surface area contributed by atoms with Crippen molar-refractivity contribution < 1.29 is 9.47 Å². The van der Waals surface area contributed by atoms with E-state index in [-0.39, 0.29) is 0 Å². The van der Waals surface area contributed by atoms with Crippen LogP contribution >= 0.6 is 0 Å². The van der Waals surface area contributed by atoms with Crippen molar-refractivity contribution in [3.05, 3.63) is 47.2 Å². The lowest BCUT2D eigenvalue weighted by Crippen LogP contribution is -2.33. The normalized spacial score (nSPS) is 16.2. The Bertz CT molecular complexity index is 1050. The van der Waals surface area contributed by atoms with Gasteiger partial charge in [0.25, 0.3) is 0 Å². The van der Waals surface area contributed by atoms with Gasteiger partial charge in [0.15, 0.2) is 0 Å². The third-order valence-electron chi connectivity index (χ3n) is 6.21. The van der Waals surface area contributed by atoms with Crippen molar-refractivity contribution in [2.45, 2.75) is 59.5 Å². The van der Waals surface area contributed by atoms with Gasteiger partial charge in [-0.05, 0) is 68.9 Å². The van der Waals surface area contributed by atoms with Gasteiger partial charge in [-0.1, -0.05) is 26.0 Å². The second-order valence-electron chi connectivity index (χ2n) is 8.60. The third kappa shape index (κ3) is 4.16. The molecule has 5 heteroatoms. The first-order valence-electron chi connectivity index (χ1n) is 11.6. The summed E-state index contributed by atoms with van der Waals surface area (Å²) in [5, 5.41) is 5.10. The summed E-state index contributed by atoms with van der Waals surface area (Å²) < 4.78 is 13.9. The number of rotatable bonds is 8. The minimum absolute atomic E-state index is 0.314. The molecule has 5 nitrogen and oxygen atoms in total. The number of fused-ring (bicyclic) bond motifs is 1. The van der Waals surface area contributed by atoms with Gasteiger partial charge in [0.1, 0.15) is 5.75 Å². The molecule has 1 saturated heterocycles. The molecule has 0 aliphatic carbocycles. The summed E-state index contributed by atoms with van der Waals surface area (Å²) in [4.78, 5) is 2.50. The highest BCUT2D eigenvalue weighted by atomic mass is 16.5. The fraction of sp³-hybridized carbons (Fsp3) is 0.500. The zero-order valence-corrected chi connectivity index (χ0v) is 19.6. The van der Waals surface area contributed by atoms with Gasteiger partial charge in [-0.2, -0.15) is 5.10 Å². The van der Waals surface area contributed by atoms with Gasteiger partial charge in [0, 0.05) is 25.3 Å². The first kappa shape index (κ1) is 21.7. The molecule has 4 rings (SSSR count). The number of nitrogens with zero attached hydrogens (tertiary/aromatic N) is 3. The van der Waals surface area contributed by atoms with E-state index in [1.54, 1.807) is 7.11 Å². The Kier molecular flexibility index (Phi) is 6.51. The van der Waals surface area contributed by atoms with E-state index in [4.69, 9.17) is 14.6 Å². The fourth-order valence-electron chi connectivity index (χ4n) is 4.89. The van der Waals surface area contributed by atoms with Crippen molar-refractivity contribution in [3.63, 3.8) is 0 Å². The summed E-state index contributed by atoms with van der Waals surface area (Å²) >= 11 is 0. The summed E-state index contributed by atoms with van der Waals surface area (Å²) in [6, 6.07) is 10.8. The van der Waals surface area contributed by atoms with Crippen molar-refractivity contribution in [1.29, 1.82) is 0 Å². The monoisotopic (exact) mass is 421 g/mol. The number of benzene rings is 1. The van der Waals surface area contributed by atoms with E-state index >= 15 is 0 Å². The molecule has 1 atom stereocenters. The first-order chi connectivity index (χ1) is 15.1. The average molecular weight is 422 g/mol. The van der Waals surface area contributed by atoms with E-state index < -0.39 is 0 Å². The highest BCUT2D eigenvalue weighted by Crippen LogP contribution is 2.37. The fourth-order valence-corrected chi connectivity index (χ4v) is 4.89. The zero-order valence-electron chi connectivity index (χ0n) is 19.6. The molecule has 0 N–H and O–H groups in total. The van der Waals surface area contributed by atoms with Crippen molar-refractivity contribution >= 4 is 11.2 Å². The molecule has 0 spiro atoms. The van der Waals surface area contributed by atoms with Crippen LogP contribution in [0.3, 0.4) is 0 Å². The molecule has 0 bridgehead atoms. The van der Waals surface area contributed by atoms with Crippen molar-refractivity contribution in [3.8, 4) is 17.0 Å². The number of aryl methyl sites for hydroxylation is 3. The molecule has 1 aromatic carbocycles. The Morgan fingerprint density at radius 2 is 2.06 bits per heavy atom. The molecule has 0 amide bonds. The van der Waals surface area contributed by atoms with Crippen molar-refractivity contribution in [1.82, 2.24) is 9.61 Å². The maximum Gasteiger partial charge on any atom is 0.128 e. The summed E-state index contributed by atoms with van der Waals surface area (Å²) in [7, 11) is 1.74. The predicted molar refractivity (Wildman–Crippen MR) is 128 cm³/mol. The molecule has 0 radical (unpaired) electrons. The predicted octanol–water partition coefficient (Wildman–Crippen LogP) is 5.58. The van der Waals surface area contributed by atoms with Gasteiger partial charge < -0.3 is 14.4 Å². The molecular formula is C26H35N3O2. The van der Waals surface area contributed by atoms with E-state index in [2.05, 4.69) is 67.4 Å². The SMILES string of the molecule is CCCN(CC1CCCO1)c1c(CC)nn2c(-c3c(C)cc(C)cc3OC)cccc12. The quantitative estimate of drug-likeness (QED) is 0.476. The topological polar surface area (TPSA) is 39.0 Å². The molecule has 3 heterocycles. The van der Waals surface area contributed by atoms with E-state index in [0.29, 0.717) is 6.10 Å². The number of methoxy groups -OCH3 is 1. The van der Waals surface area contributed by atoms with Crippen molar-refractivity contribution in [2.75, 3.05) is 31.7 Å². The molecule has 166 valence electrons. The van der Waals surface area contributed by atoms with Gasteiger partial charge >= 0.3 is 0 Å². The minimum atomic E-state index is 0.314. The van der Waals surface area contributed by atoms with Gasteiger partial charge in [-0.25, -0.2) is 4.52 Å². The lowest BCUT2D eigenvalue weighted by molar-refractivity contribution is 0.115. The van der Waals surface area contributed by atoms with Gasteiger partial charge in [-0.3, -0.25) is 0 Å². The van der Waals surface area contributed by atoms with Crippen LogP contribution in [-0.4, -0.2) is 42.5 Å². The molecule has 1 unspecified atom stereocenters. The maximum absolute atomic E-state index is 5.98. The van der Waals surface area contributed by atoms with Crippen LogP contribution in [-0.2, 0) is 11.2 Å². The molecule has 1 aliphatic heterocycles. The molecule has 0 saturated carbocycles. The lowest BCUT2D eigenvalue weighted by atomic mass is 10.0. The third-order valence-corrected chi connectivity index (χ3v) is 6.21. The molecule has 1 fully saturated rings. The average Bonchev–Trinajstić information content (AvgIpc) is 3.40. The number of anilines is 1. The molecule has 31 heavy (non-hydrogen) atoms. The Morgan fingerprint density at radius 1 is 1.23 bits per heavy atom. The van der Waals surface area contributed by atoms with Crippen LogP contribution in [0.15, 0.2) is 30.3 Å². The number of aromatic nitrogens is 2. The van der Waals surface area contributed by atoms with E-state index in [1.165, 1.54) is 16.8 Å². The number of ether oxygens (including phenoxy) is 2. The second kappa shape index (κ2) is 9.31. The smallest absolute Gasteiger partial charge is 0.128 e. The molecule has 1 aliphatic rings. The van der Waals surface area contributed by atoms with Crippen LogP contribution in [0.25, 0.3) is 16.8 Å². The lowest BCUT2D eigenvalue weighted by Gasteiger charge is -2.27. The summed E-state index contributed by atoms with van der Waals surface area (Å²) in [5.74, 6) is 0.893. The zero-order chi connectivity index (χ0) is 22.0. The van der Waals surface area contributed by atoms with E-state index in [1.807, 2.05) is 0 Å². The molecule has 3 aromatic rings. The second-order valence-corrected chi connectivity index (χ2v) is 8.60. The standard InChI is InChI=1S/C26H35N3O2/c1-6-13-28(17-20-10-9-14-31-20)26-21(7-2)27-29-22(11-8-12-23(26)29)25-19(4)15-18(3)16-24(25)30-5/h8,11-12,15-16,20H,6-7,9-10,13-14,17H2,1-5H3. The van der Waals surface area contributed by atoms with Crippen LogP contribution in [0.2, 0.25) is 0 Å². The highest BCUT2D eigenvalue weighted by Gasteiger charge is 2.25. The largest absolute Gasteiger partial charge is 0.496 e. The van der Waals surface area contributed by atoms with Gasteiger partial charge in [0.2, 0.25) is 0 Å². The van der Waals surface area contributed by atoms with Gasteiger partial charge in [0.05, 0.1) is 35.8 Å². The molecule has 2 aromatic heterocycles. The Labute approximate surface area is 186 Å². The van der Waals surface area contributed by atoms with Crippen LogP contribution in [0, 0.1) is 13.8 Å². The number of hydrogen-bond acceptors (Lipinski definition) is 4. The first-order valence-corrected chi connectivity index (χ1v) is 11.6. The van der Waals surface area contributed by atoms with Gasteiger partial charge in [-0.15, -0.1) is 0 Å².